The summed E-state index contributed by atoms with van der Waals surface area (Å²) in [5, 5.41) is 13.1. The van der Waals surface area contributed by atoms with E-state index in [1.807, 2.05) is 12.2 Å². The molecule has 0 aliphatic heterocycles. The molecule has 0 saturated heterocycles. The normalized spacial score (nSPS) is 28.5. The van der Waals surface area contributed by atoms with Crippen molar-refractivity contribution in [1.29, 1.82) is 0 Å². The summed E-state index contributed by atoms with van der Waals surface area (Å²) in [6.45, 7) is 11.0. The SMILES string of the molecule is C=CC[C@@H]1[C@H]2C=CC(O)[C@H]2C[C@H]1O[Si](c1ccccc1)(c1ccccc1)C(C)(C)C. The summed E-state index contributed by atoms with van der Waals surface area (Å²) in [7, 11) is -2.60. The number of aliphatic hydroxyl groups excluding tert-OH is 1. The van der Waals surface area contributed by atoms with E-state index in [9.17, 15) is 5.11 Å². The highest BCUT2D eigenvalue weighted by molar-refractivity contribution is 6.99. The molecule has 4 rings (SSSR count). The molecule has 0 spiro atoms. The summed E-state index contributed by atoms with van der Waals surface area (Å²) in [6, 6.07) is 21.7. The number of benzene rings is 2. The van der Waals surface area contributed by atoms with Gasteiger partial charge in [-0.2, -0.15) is 0 Å². The average Bonchev–Trinajstić information content (AvgIpc) is 3.26. The monoisotopic (exact) mass is 418 g/mol. The molecule has 2 nitrogen and oxygen atoms in total. The maximum atomic E-state index is 10.5. The number of fused-ring (bicyclic) bond motifs is 1. The van der Waals surface area contributed by atoms with E-state index in [1.165, 1.54) is 10.4 Å². The van der Waals surface area contributed by atoms with Crippen LogP contribution in [0, 0.1) is 17.8 Å². The van der Waals surface area contributed by atoms with Gasteiger partial charge in [-0.3, -0.25) is 0 Å². The summed E-state index contributed by atoms with van der Waals surface area (Å²) >= 11 is 0. The van der Waals surface area contributed by atoms with Crippen LogP contribution in [0.3, 0.4) is 0 Å². The Morgan fingerprint density at radius 1 is 1.00 bits per heavy atom. The van der Waals surface area contributed by atoms with E-state index in [0.29, 0.717) is 11.8 Å². The summed E-state index contributed by atoms with van der Waals surface area (Å²) in [5.74, 6) is 1.00. The van der Waals surface area contributed by atoms with E-state index in [0.717, 1.165) is 12.8 Å². The maximum absolute atomic E-state index is 10.5. The fraction of sp³-hybridized carbons (Fsp3) is 0.407. The van der Waals surface area contributed by atoms with Gasteiger partial charge in [0.1, 0.15) is 0 Å². The van der Waals surface area contributed by atoms with Gasteiger partial charge in [0.15, 0.2) is 0 Å². The van der Waals surface area contributed by atoms with Crippen LogP contribution >= 0.6 is 0 Å². The van der Waals surface area contributed by atoms with Crippen LogP contribution in [0.1, 0.15) is 33.6 Å². The zero-order chi connectivity index (χ0) is 21.4. The molecule has 30 heavy (non-hydrogen) atoms. The molecule has 2 aliphatic rings. The molecule has 0 aromatic heterocycles. The van der Waals surface area contributed by atoms with Crippen molar-refractivity contribution in [3.63, 3.8) is 0 Å². The second-order valence-electron chi connectivity index (χ2n) is 9.86. The van der Waals surface area contributed by atoms with Gasteiger partial charge in [-0.1, -0.05) is 99.7 Å². The highest BCUT2D eigenvalue weighted by Gasteiger charge is 2.55. The molecule has 0 heterocycles. The van der Waals surface area contributed by atoms with Gasteiger partial charge in [0.05, 0.1) is 6.10 Å². The van der Waals surface area contributed by atoms with Crippen LogP contribution in [0.25, 0.3) is 0 Å². The predicted molar refractivity (Wildman–Crippen MR) is 128 cm³/mol. The highest BCUT2D eigenvalue weighted by Crippen LogP contribution is 2.49. The second-order valence-corrected chi connectivity index (χ2v) is 14.1. The molecule has 3 heteroatoms. The van der Waals surface area contributed by atoms with Gasteiger partial charge >= 0.3 is 0 Å². The third-order valence-corrected chi connectivity index (χ3v) is 12.2. The minimum Gasteiger partial charge on any atom is -0.404 e. The van der Waals surface area contributed by atoms with Crippen LogP contribution in [0.4, 0.5) is 0 Å². The molecule has 0 radical (unpaired) electrons. The molecule has 2 aliphatic carbocycles. The van der Waals surface area contributed by atoms with E-state index in [-0.39, 0.29) is 23.2 Å². The van der Waals surface area contributed by atoms with Gasteiger partial charge in [-0.25, -0.2) is 0 Å². The van der Waals surface area contributed by atoms with E-state index in [2.05, 4.69) is 94.1 Å². The summed E-state index contributed by atoms with van der Waals surface area (Å²) < 4.78 is 7.43. The highest BCUT2D eigenvalue weighted by atomic mass is 28.4. The summed E-state index contributed by atoms with van der Waals surface area (Å²) in [4.78, 5) is 0. The van der Waals surface area contributed by atoms with Crippen molar-refractivity contribution in [2.24, 2.45) is 17.8 Å². The number of hydrogen-bond donors (Lipinski definition) is 1. The Morgan fingerprint density at radius 2 is 1.57 bits per heavy atom. The quantitative estimate of drug-likeness (QED) is 0.545. The second kappa shape index (κ2) is 8.30. The third kappa shape index (κ3) is 3.53. The smallest absolute Gasteiger partial charge is 0.261 e. The Morgan fingerprint density at radius 3 is 2.07 bits per heavy atom. The van der Waals surface area contributed by atoms with Gasteiger partial charge in [-0.15, -0.1) is 6.58 Å². The van der Waals surface area contributed by atoms with Crippen LogP contribution in [-0.4, -0.2) is 25.6 Å². The fourth-order valence-electron chi connectivity index (χ4n) is 5.76. The van der Waals surface area contributed by atoms with Crippen molar-refractivity contribution in [2.45, 2.75) is 50.9 Å². The lowest BCUT2D eigenvalue weighted by Crippen LogP contribution is -2.68. The summed E-state index contributed by atoms with van der Waals surface area (Å²) in [6.07, 6.45) is 7.80. The van der Waals surface area contributed by atoms with Crippen molar-refractivity contribution in [3.8, 4) is 0 Å². The molecule has 0 bridgehead atoms. The lowest BCUT2D eigenvalue weighted by molar-refractivity contribution is 0.129. The molecule has 2 aromatic carbocycles. The first kappa shape index (κ1) is 21.3. The Hall–Kier alpha value is -1.94. The van der Waals surface area contributed by atoms with Crippen molar-refractivity contribution < 1.29 is 9.53 Å². The molecule has 5 atom stereocenters. The van der Waals surface area contributed by atoms with E-state index in [1.54, 1.807) is 0 Å². The van der Waals surface area contributed by atoms with Crippen molar-refractivity contribution >= 4 is 18.7 Å². The number of hydrogen-bond acceptors (Lipinski definition) is 2. The Kier molecular flexibility index (Phi) is 5.89. The standard InChI is InChI=1S/C27H34O2Si/c1-5-12-23-22-17-18-25(28)24(22)19-26(23)29-30(27(2,3)4,20-13-8-6-9-14-20)21-15-10-7-11-16-21/h5-11,13-18,22-26,28H,1,12,19H2,2-4H3/t22-,23-,24+,25?,26-/m1/s1. The first-order chi connectivity index (χ1) is 14.4. The first-order valence-corrected chi connectivity index (χ1v) is 13.1. The largest absolute Gasteiger partial charge is 0.404 e. The van der Waals surface area contributed by atoms with Crippen molar-refractivity contribution in [2.75, 3.05) is 0 Å². The van der Waals surface area contributed by atoms with Gasteiger partial charge in [0.25, 0.3) is 8.32 Å². The average molecular weight is 419 g/mol. The molecular formula is C27H34O2Si. The minimum atomic E-state index is -2.60. The predicted octanol–water partition coefficient (Wildman–Crippen LogP) is 4.69. The molecule has 158 valence electrons. The zero-order valence-electron chi connectivity index (χ0n) is 18.4. The number of allylic oxidation sites excluding steroid dienone is 2. The lowest BCUT2D eigenvalue weighted by atomic mass is 9.89. The molecule has 0 amide bonds. The van der Waals surface area contributed by atoms with Gasteiger partial charge in [-0.05, 0) is 46.0 Å². The van der Waals surface area contributed by atoms with Crippen molar-refractivity contribution in [3.05, 3.63) is 85.5 Å². The van der Waals surface area contributed by atoms with Crippen LogP contribution in [0.15, 0.2) is 85.5 Å². The van der Waals surface area contributed by atoms with E-state index >= 15 is 0 Å². The Bertz CT molecular complexity index is 845. The van der Waals surface area contributed by atoms with Crippen LogP contribution in [0.2, 0.25) is 5.04 Å². The zero-order valence-corrected chi connectivity index (χ0v) is 19.4. The van der Waals surface area contributed by atoms with Crippen LogP contribution in [0.5, 0.6) is 0 Å². The maximum Gasteiger partial charge on any atom is 0.261 e. The fourth-order valence-corrected chi connectivity index (χ4v) is 10.5. The molecule has 1 N–H and O–H groups in total. The van der Waals surface area contributed by atoms with Crippen LogP contribution < -0.4 is 10.4 Å². The van der Waals surface area contributed by atoms with Gasteiger partial charge in [0.2, 0.25) is 0 Å². The molecule has 1 fully saturated rings. The molecule has 2 aromatic rings. The van der Waals surface area contributed by atoms with E-state index < -0.39 is 8.32 Å². The van der Waals surface area contributed by atoms with Crippen LogP contribution in [-0.2, 0) is 4.43 Å². The Balaban J connectivity index is 1.83. The van der Waals surface area contributed by atoms with Gasteiger partial charge < -0.3 is 9.53 Å². The van der Waals surface area contributed by atoms with Gasteiger partial charge in [0, 0.05) is 6.10 Å². The number of rotatable bonds is 6. The minimum absolute atomic E-state index is 0.0411. The third-order valence-electron chi connectivity index (χ3n) is 7.12. The first-order valence-electron chi connectivity index (χ1n) is 11.1. The molecular weight excluding hydrogens is 384 g/mol. The molecule has 1 unspecified atom stereocenters. The summed E-state index contributed by atoms with van der Waals surface area (Å²) in [5.41, 5.74) is 0. The molecule has 1 saturated carbocycles. The topological polar surface area (TPSA) is 29.5 Å². The number of aliphatic hydroxyl groups is 1. The lowest BCUT2D eigenvalue weighted by Gasteiger charge is -2.45. The van der Waals surface area contributed by atoms with Crippen molar-refractivity contribution in [1.82, 2.24) is 0 Å². The van der Waals surface area contributed by atoms with E-state index in [4.69, 9.17) is 4.43 Å². The Labute approximate surface area is 182 Å².